The number of benzene rings is 2. The Hall–Kier alpha value is -2.98. The van der Waals surface area contributed by atoms with Gasteiger partial charge in [-0.05, 0) is 26.0 Å². The second kappa shape index (κ2) is 6.49. The number of imide groups is 1. The van der Waals surface area contributed by atoms with Gasteiger partial charge in [-0.1, -0.05) is 36.4 Å². The third-order valence-corrected chi connectivity index (χ3v) is 4.54. The van der Waals surface area contributed by atoms with E-state index in [0.717, 1.165) is 5.56 Å². The molecule has 0 radical (unpaired) electrons. The Labute approximate surface area is 146 Å². The fourth-order valence-corrected chi connectivity index (χ4v) is 3.26. The van der Waals surface area contributed by atoms with Crippen molar-refractivity contribution in [2.75, 3.05) is 0 Å². The van der Waals surface area contributed by atoms with Crippen LogP contribution in [0.2, 0.25) is 0 Å². The maximum absolute atomic E-state index is 13.5. The number of hydrogen-bond donors (Lipinski definition) is 0. The Bertz CT molecular complexity index is 913. The fraction of sp³-hybridized carbons (Fsp3) is 0.143. The first kappa shape index (κ1) is 16.9. The zero-order valence-corrected chi connectivity index (χ0v) is 14.5. The molecule has 0 N–H and O–H groups in total. The molecule has 2 amide bonds. The predicted molar refractivity (Wildman–Crippen MR) is 97.7 cm³/mol. The normalized spacial score (nSPS) is 13.2. The summed E-state index contributed by atoms with van der Waals surface area (Å²) in [7, 11) is 0. The molecule has 0 spiro atoms. The Morgan fingerprint density at radius 3 is 1.92 bits per heavy atom. The van der Waals surface area contributed by atoms with E-state index in [9.17, 15) is 9.59 Å². The van der Waals surface area contributed by atoms with Crippen molar-refractivity contribution in [2.45, 2.75) is 20.8 Å². The highest BCUT2D eigenvalue weighted by atomic mass is 16.3. The van der Waals surface area contributed by atoms with Gasteiger partial charge in [-0.2, -0.15) is 0 Å². The first-order valence-corrected chi connectivity index (χ1v) is 8.10. The molecule has 4 heteroatoms. The topological polar surface area (TPSA) is 47.3 Å². The van der Waals surface area contributed by atoms with E-state index < -0.39 is 4.48 Å². The summed E-state index contributed by atoms with van der Waals surface area (Å²) in [6.07, 6.45) is 0.689. The molecule has 25 heavy (non-hydrogen) atoms. The first-order chi connectivity index (χ1) is 12.0. The van der Waals surface area contributed by atoms with Gasteiger partial charge in [-0.25, -0.2) is 9.59 Å². The lowest BCUT2D eigenvalue weighted by Gasteiger charge is -2.28. The largest absolute Gasteiger partial charge is 0.460 e. The van der Waals surface area contributed by atoms with Gasteiger partial charge in [-0.15, -0.1) is 4.48 Å². The zero-order chi connectivity index (χ0) is 18.0. The summed E-state index contributed by atoms with van der Waals surface area (Å²) in [6.45, 7) is 5.50. The SMILES string of the molecule is Cc1oc(C)c([N+](C=O)(C(=O)c2ccccc2)c2ccccc2)c1C. The molecule has 0 aliphatic carbocycles. The van der Waals surface area contributed by atoms with Gasteiger partial charge in [0.2, 0.25) is 0 Å². The van der Waals surface area contributed by atoms with Crippen LogP contribution in [0.25, 0.3) is 0 Å². The lowest BCUT2D eigenvalue weighted by atomic mass is 10.1. The minimum absolute atomic E-state index is 0.311. The lowest BCUT2D eigenvalue weighted by molar-refractivity contribution is -0.113. The predicted octanol–water partition coefficient (Wildman–Crippen LogP) is 4.84. The van der Waals surface area contributed by atoms with Crippen LogP contribution >= 0.6 is 0 Å². The average Bonchev–Trinajstić information content (AvgIpc) is 2.91. The molecular weight excluding hydrogens is 314 g/mol. The minimum Gasteiger partial charge on any atom is -0.460 e. The van der Waals surface area contributed by atoms with Crippen molar-refractivity contribution < 1.29 is 14.0 Å². The number of nitrogens with zero attached hydrogens (tertiary/aromatic N) is 1. The van der Waals surface area contributed by atoms with Crippen molar-refractivity contribution >= 4 is 23.7 Å². The monoisotopic (exact) mass is 334 g/mol. The van der Waals surface area contributed by atoms with Crippen LogP contribution in [0.5, 0.6) is 0 Å². The van der Waals surface area contributed by atoms with Gasteiger partial charge >= 0.3 is 12.3 Å². The molecule has 1 atom stereocenters. The van der Waals surface area contributed by atoms with E-state index in [1.165, 1.54) is 0 Å². The van der Waals surface area contributed by atoms with Crippen LogP contribution in [0.3, 0.4) is 0 Å². The smallest absolute Gasteiger partial charge is 0.363 e. The van der Waals surface area contributed by atoms with Gasteiger partial charge in [0.1, 0.15) is 5.76 Å². The van der Waals surface area contributed by atoms with Crippen LogP contribution in [0, 0.1) is 20.8 Å². The van der Waals surface area contributed by atoms with Crippen molar-refractivity contribution in [1.82, 2.24) is 4.48 Å². The molecule has 0 aliphatic rings. The van der Waals surface area contributed by atoms with E-state index in [1.54, 1.807) is 43.3 Å². The highest BCUT2D eigenvalue weighted by Gasteiger charge is 2.47. The molecule has 3 aromatic rings. The third-order valence-electron chi connectivity index (χ3n) is 4.54. The Morgan fingerprint density at radius 2 is 1.44 bits per heavy atom. The molecule has 0 aliphatic heterocycles. The number of para-hydroxylation sites is 1. The van der Waals surface area contributed by atoms with Crippen molar-refractivity contribution in [2.24, 2.45) is 0 Å². The van der Waals surface area contributed by atoms with E-state index in [-0.39, 0.29) is 5.91 Å². The molecule has 0 saturated heterocycles. The summed E-state index contributed by atoms with van der Waals surface area (Å²) in [5.74, 6) is 0.956. The van der Waals surface area contributed by atoms with Crippen molar-refractivity contribution in [3.63, 3.8) is 0 Å². The number of carbonyl (C=O) groups excluding carboxylic acids is 2. The second-order valence-corrected chi connectivity index (χ2v) is 6.02. The van der Waals surface area contributed by atoms with Crippen molar-refractivity contribution in [3.8, 4) is 0 Å². The Balaban J connectivity index is 2.36. The van der Waals surface area contributed by atoms with E-state index >= 15 is 0 Å². The van der Waals surface area contributed by atoms with Gasteiger partial charge in [0.15, 0.2) is 17.1 Å². The van der Waals surface area contributed by atoms with Crippen LogP contribution in [0.1, 0.15) is 27.4 Å². The maximum Gasteiger partial charge on any atom is 0.363 e. The highest BCUT2D eigenvalue weighted by Crippen LogP contribution is 2.42. The Morgan fingerprint density at radius 1 is 0.880 bits per heavy atom. The highest BCUT2D eigenvalue weighted by molar-refractivity contribution is 6.15. The molecule has 1 unspecified atom stereocenters. The van der Waals surface area contributed by atoms with E-state index in [2.05, 4.69) is 0 Å². The number of rotatable bonds is 4. The molecule has 0 bridgehead atoms. The Kier molecular flexibility index (Phi) is 4.38. The van der Waals surface area contributed by atoms with Crippen LogP contribution in [-0.4, -0.2) is 12.3 Å². The average molecular weight is 334 g/mol. The summed E-state index contributed by atoms with van der Waals surface area (Å²) in [5, 5.41) is 0. The van der Waals surface area contributed by atoms with E-state index in [4.69, 9.17) is 4.42 Å². The molecule has 4 nitrogen and oxygen atoms in total. The molecule has 0 fully saturated rings. The quantitative estimate of drug-likeness (QED) is 0.506. The molecule has 2 aromatic carbocycles. The van der Waals surface area contributed by atoms with Gasteiger partial charge < -0.3 is 4.42 Å². The van der Waals surface area contributed by atoms with Gasteiger partial charge in [0.25, 0.3) is 0 Å². The van der Waals surface area contributed by atoms with Crippen LogP contribution < -0.4 is 4.48 Å². The third kappa shape index (κ3) is 2.61. The van der Waals surface area contributed by atoms with Gasteiger partial charge in [0.05, 0.1) is 11.1 Å². The van der Waals surface area contributed by atoms with Crippen LogP contribution in [0.15, 0.2) is 65.1 Å². The molecule has 1 heterocycles. The number of quaternary nitrogens is 1. The number of amides is 2. The first-order valence-electron chi connectivity index (χ1n) is 8.10. The fourth-order valence-electron chi connectivity index (χ4n) is 3.26. The number of furan rings is 1. The number of aryl methyl sites for hydroxylation is 2. The molecule has 1 aromatic heterocycles. The lowest BCUT2D eigenvalue weighted by Crippen LogP contribution is -2.49. The van der Waals surface area contributed by atoms with Gasteiger partial charge in [0, 0.05) is 19.1 Å². The zero-order valence-electron chi connectivity index (χ0n) is 14.5. The second-order valence-electron chi connectivity index (χ2n) is 6.02. The molecule has 0 saturated carbocycles. The summed E-state index contributed by atoms with van der Waals surface area (Å²) in [4.78, 5) is 26.0. The summed E-state index contributed by atoms with van der Waals surface area (Å²) in [6, 6.07) is 17.9. The van der Waals surface area contributed by atoms with Gasteiger partial charge in [-0.3, -0.25) is 0 Å². The van der Waals surface area contributed by atoms with Crippen LogP contribution in [-0.2, 0) is 4.79 Å². The minimum atomic E-state index is -0.556. The van der Waals surface area contributed by atoms with E-state index in [0.29, 0.717) is 34.9 Å². The van der Waals surface area contributed by atoms with Crippen molar-refractivity contribution in [3.05, 3.63) is 83.3 Å². The van der Waals surface area contributed by atoms with E-state index in [1.807, 2.05) is 38.1 Å². The summed E-state index contributed by atoms with van der Waals surface area (Å²) >= 11 is 0. The van der Waals surface area contributed by atoms with Crippen molar-refractivity contribution in [1.29, 1.82) is 0 Å². The number of hydrogen-bond acceptors (Lipinski definition) is 3. The maximum atomic E-state index is 13.5. The molecule has 126 valence electrons. The standard InChI is InChI=1S/C21H20NO3/c1-15-16(2)25-17(3)20(15)22(14-23,19-12-8-5-9-13-19)21(24)18-10-6-4-7-11-18/h4-14H,1-3H3/q+1. The number of carbonyl (C=O) groups is 2. The molecule has 3 rings (SSSR count). The summed E-state index contributed by atoms with van der Waals surface area (Å²) < 4.78 is 5.18. The molecular formula is C21H20NO3+. The summed E-state index contributed by atoms with van der Waals surface area (Å²) in [5.41, 5.74) is 2.43. The van der Waals surface area contributed by atoms with Crippen LogP contribution in [0.4, 0.5) is 11.4 Å².